The molecule has 1 heterocycles. The summed E-state index contributed by atoms with van der Waals surface area (Å²) in [7, 11) is -0.402. The molecule has 1 N–H and O–H groups in total. The second kappa shape index (κ2) is 6.09. The molecule has 0 atom stereocenters. The van der Waals surface area contributed by atoms with Gasteiger partial charge in [0, 0.05) is 26.2 Å². The van der Waals surface area contributed by atoms with Crippen molar-refractivity contribution in [3.05, 3.63) is 23.8 Å². The quantitative estimate of drug-likeness (QED) is 0.902. The summed E-state index contributed by atoms with van der Waals surface area (Å²) in [6.45, 7) is 3.26. The van der Waals surface area contributed by atoms with E-state index in [1.165, 1.54) is 11.4 Å². The van der Waals surface area contributed by atoms with Crippen LogP contribution in [0.5, 0.6) is 5.75 Å². The Morgan fingerprint density at radius 1 is 1.37 bits per heavy atom. The third-order valence-corrected chi connectivity index (χ3v) is 5.18. The van der Waals surface area contributed by atoms with Gasteiger partial charge in [0.25, 0.3) is 0 Å². The van der Waals surface area contributed by atoms with Crippen LogP contribution in [0.25, 0.3) is 0 Å². The highest BCUT2D eigenvalue weighted by Gasteiger charge is 2.33. The van der Waals surface area contributed by atoms with E-state index in [9.17, 15) is 8.42 Å². The molecule has 0 amide bonds. The fourth-order valence-electron chi connectivity index (χ4n) is 1.87. The Labute approximate surface area is 120 Å². The summed E-state index contributed by atoms with van der Waals surface area (Å²) in [4.78, 5) is 0.236. The first kappa shape index (κ1) is 16.2. The summed E-state index contributed by atoms with van der Waals surface area (Å²) in [6.07, 6.45) is 0. The Hall–Kier alpha value is -0.820. The van der Waals surface area contributed by atoms with Crippen LogP contribution in [0.1, 0.15) is 5.56 Å². The normalized spacial score (nSPS) is 15.8. The van der Waals surface area contributed by atoms with Gasteiger partial charge in [-0.05, 0) is 24.6 Å². The van der Waals surface area contributed by atoms with Gasteiger partial charge in [-0.1, -0.05) is 6.07 Å². The second-order valence-electron chi connectivity index (χ2n) is 4.49. The van der Waals surface area contributed by atoms with Gasteiger partial charge >= 0.3 is 0 Å². The van der Waals surface area contributed by atoms with Crippen molar-refractivity contribution in [2.24, 2.45) is 0 Å². The SMILES string of the molecule is COc1ccc(C)cc1S(=O)(=O)N(C)C1CNC1.Cl. The van der Waals surface area contributed by atoms with Crippen LogP contribution in [-0.4, -0.2) is 46.0 Å². The molecular formula is C12H19ClN2O3S. The minimum absolute atomic E-state index is 0. The molecule has 0 unspecified atom stereocenters. The minimum atomic E-state index is -3.50. The molecule has 1 aliphatic rings. The van der Waals surface area contributed by atoms with E-state index in [4.69, 9.17) is 4.74 Å². The molecule has 0 aromatic heterocycles. The molecule has 108 valence electrons. The molecule has 1 aromatic rings. The molecule has 0 bridgehead atoms. The molecule has 1 aliphatic heterocycles. The van der Waals surface area contributed by atoms with Gasteiger partial charge in [-0.3, -0.25) is 0 Å². The van der Waals surface area contributed by atoms with Crippen molar-refractivity contribution < 1.29 is 13.2 Å². The third-order valence-electron chi connectivity index (χ3n) is 3.25. The van der Waals surface area contributed by atoms with E-state index >= 15 is 0 Å². The number of nitrogens with zero attached hydrogens (tertiary/aromatic N) is 1. The molecular weight excluding hydrogens is 288 g/mol. The number of nitrogens with one attached hydrogen (secondary N) is 1. The molecule has 1 aromatic carbocycles. The number of likely N-dealkylation sites (N-methyl/N-ethyl adjacent to an activating group) is 1. The van der Waals surface area contributed by atoms with E-state index in [2.05, 4.69) is 5.32 Å². The molecule has 1 saturated heterocycles. The van der Waals surface area contributed by atoms with E-state index < -0.39 is 10.0 Å². The van der Waals surface area contributed by atoms with Crippen molar-refractivity contribution in [2.45, 2.75) is 17.9 Å². The van der Waals surface area contributed by atoms with Gasteiger partial charge < -0.3 is 10.1 Å². The Bertz CT molecular complexity index is 544. The Kier molecular flexibility index (Phi) is 5.20. The number of rotatable bonds is 4. The second-order valence-corrected chi connectivity index (χ2v) is 6.45. The van der Waals surface area contributed by atoms with Crippen molar-refractivity contribution in [1.29, 1.82) is 0 Å². The van der Waals surface area contributed by atoms with Crippen LogP contribution in [-0.2, 0) is 10.0 Å². The van der Waals surface area contributed by atoms with E-state index in [1.54, 1.807) is 19.2 Å². The summed E-state index contributed by atoms with van der Waals surface area (Å²) in [5.74, 6) is 0.389. The minimum Gasteiger partial charge on any atom is -0.495 e. The van der Waals surface area contributed by atoms with Crippen LogP contribution in [0.4, 0.5) is 0 Å². The molecule has 7 heteroatoms. The van der Waals surface area contributed by atoms with E-state index in [0.29, 0.717) is 18.8 Å². The molecule has 0 spiro atoms. The van der Waals surface area contributed by atoms with Crippen molar-refractivity contribution in [3.63, 3.8) is 0 Å². The fraction of sp³-hybridized carbons (Fsp3) is 0.500. The zero-order chi connectivity index (χ0) is 13.3. The molecule has 0 radical (unpaired) electrons. The van der Waals surface area contributed by atoms with E-state index in [0.717, 1.165) is 5.56 Å². The van der Waals surface area contributed by atoms with Gasteiger partial charge in [0.2, 0.25) is 10.0 Å². The molecule has 0 saturated carbocycles. The fourth-order valence-corrected chi connectivity index (χ4v) is 3.46. The summed E-state index contributed by atoms with van der Waals surface area (Å²) in [5.41, 5.74) is 0.898. The van der Waals surface area contributed by atoms with E-state index in [1.807, 2.05) is 13.0 Å². The topological polar surface area (TPSA) is 58.6 Å². The van der Waals surface area contributed by atoms with Gasteiger partial charge in [-0.2, -0.15) is 4.31 Å². The Balaban J connectivity index is 0.00000180. The number of hydrogen-bond donors (Lipinski definition) is 1. The van der Waals surface area contributed by atoms with Crippen molar-refractivity contribution >= 4 is 22.4 Å². The predicted molar refractivity (Wildman–Crippen MR) is 76.6 cm³/mol. The number of methoxy groups -OCH3 is 1. The average molecular weight is 307 g/mol. The lowest BCUT2D eigenvalue weighted by Gasteiger charge is -2.34. The highest BCUT2D eigenvalue weighted by atomic mass is 35.5. The Morgan fingerprint density at radius 3 is 2.47 bits per heavy atom. The van der Waals surface area contributed by atoms with Crippen LogP contribution in [0.2, 0.25) is 0 Å². The van der Waals surface area contributed by atoms with Crippen LogP contribution in [0.3, 0.4) is 0 Å². The van der Waals surface area contributed by atoms with Crippen molar-refractivity contribution in [3.8, 4) is 5.75 Å². The standard InChI is InChI=1S/C12H18N2O3S.ClH/c1-9-4-5-11(17-3)12(6-9)18(15,16)14(2)10-7-13-8-10;/h4-6,10,13H,7-8H2,1-3H3;1H. The smallest absolute Gasteiger partial charge is 0.246 e. The summed E-state index contributed by atoms with van der Waals surface area (Å²) < 4.78 is 31.6. The molecule has 2 rings (SSSR count). The lowest BCUT2D eigenvalue weighted by atomic mass is 10.2. The monoisotopic (exact) mass is 306 g/mol. The number of sulfonamides is 1. The average Bonchev–Trinajstić information content (AvgIpc) is 2.26. The largest absolute Gasteiger partial charge is 0.495 e. The molecule has 19 heavy (non-hydrogen) atoms. The highest BCUT2D eigenvalue weighted by molar-refractivity contribution is 7.89. The molecule has 5 nitrogen and oxygen atoms in total. The van der Waals surface area contributed by atoms with Gasteiger partial charge in [0.1, 0.15) is 10.6 Å². The lowest BCUT2D eigenvalue weighted by molar-refractivity contribution is 0.273. The first-order valence-corrected chi connectivity index (χ1v) is 7.24. The zero-order valence-electron chi connectivity index (χ0n) is 11.2. The summed E-state index contributed by atoms with van der Waals surface area (Å²) in [5, 5.41) is 3.07. The maximum atomic E-state index is 12.5. The van der Waals surface area contributed by atoms with Crippen LogP contribution < -0.4 is 10.1 Å². The van der Waals surface area contributed by atoms with Crippen LogP contribution >= 0.6 is 12.4 Å². The Morgan fingerprint density at radius 2 is 2.00 bits per heavy atom. The summed E-state index contributed by atoms with van der Waals surface area (Å²) in [6, 6.07) is 5.20. The lowest BCUT2D eigenvalue weighted by Crippen LogP contribution is -2.57. The highest BCUT2D eigenvalue weighted by Crippen LogP contribution is 2.28. The van der Waals surface area contributed by atoms with Gasteiger partial charge in [-0.25, -0.2) is 8.42 Å². The van der Waals surface area contributed by atoms with Crippen molar-refractivity contribution in [1.82, 2.24) is 9.62 Å². The number of benzene rings is 1. The number of ether oxygens (including phenoxy) is 1. The predicted octanol–water partition coefficient (Wildman–Crippen LogP) is 1.02. The number of aryl methyl sites for hydroxylation is 1. The maximum Gasteiger partial charge on any atom is 0.246 e. The summed E-state index contributed by atoms with van der Waals surface area (Å²) >= 11 is 0. The van der Waals surface area contributed by atoms with Crippen molar-refractivity contribution in [2.75, 3.05) is 27.2 Å². The van der Waals surface area contributed by atoms with Crippen LogP contribution in [0, 0.1) is 6.92 Å². The van der Waals surface area contributed by atoms with Crippen LogP contribution in [0.15, 0.2) is 23.1 Å². The zero-order valence-corrected chi connectivity index (χ0v) is 12.8. The van der Waals surface area contributed by atoms with Gasteiger partial charge in [0.15, 0.2) is 0 Å². The molecule has 0 aliphatic carbocycles. The van der Waals surface area contributed by atoms with E-state index in [-0.39, 0.29) is 23.3 Å². The maximum absolute atomic E-state index is 12.5. The first-order valence-electron chi connectivity index (χ1n) is 5.80. The number of hydrogen-bond acceptors (Lipinski definition) is 4. The molecule has 1 fully saturated rings. The number of halogens is 1. The first-order chi connectivity index (χ1) is 8.46. The van der Waals surface area contributed by atoms with Gasteiger partial charge in [-0.15, -0.1) is 12.4 Å². The van der Waals surface area contributed by atoms with Gasteiger partial charge in [0.05, 0.1) is 7.11 Å². The third kappa shape index (κ3) is 3.02.